The summed E-state index contributed by atoms with van der Waals surface area (Å²) in [7, 11) is 0. The van der Waals surface area contributed by atoms with Gasteiger partial charge in [0.25, 0.3) is 0 Å². The molecule has 4 heteroatoms. The fourth-order valence-electron chi connectivity index (χ4n) is 4.07. The summed E-state index contributed by atoms with van der Waals surface area (Å²) >= 11 is 0. The minimum absolute atomic E-state index is 0.179. The highest BCUT2D eigenvalue weighted by molar-refractivity contribution is 5.76. The van der Waals surface area contributed by atoms with Crippen LogP contribution < -0.4 is 5.32 Å². The second-order valence-electron chi connectivity index (χ2n) is 8.73. The molecule has 1 saturated heterocycles. The lowest BCUT2D eigenvalue weighted by Gasteiger charge is -2.26. The summed E-state index contributed by atoms with van der Waals surface area (Å²) in [6, 6.07) is 0. The van der Waals surface area contributed by atoms with Crippen LogP contribution in [0, 0.1) is 0 Å². The molecule has 1 aliphatic heterocycles. The van der Waals surface area contributed by atoms with Crippen LogP contribution >= 0.6 is 0 Å². The van der Waals surface area contributed by atoms with Gasteiger partial charge in [0, 0.05) is 26.1 Å². The molecule has 1 aliphatic rings. The number of amides is 1. The van der Waals surface area contributed by atoms with Crippen molar-refractivity contribution < 1.29 is 9.90 Å². The number of piperidine rings is 1. The van der Waals surface area contributed by atoms with Crippen LogP contribution in [0.25, 0.3) is 0 Å². The molecule has 1 amide bonds. The number of carbonyl (C=O) groups excluding carboxylic acids is 1. The Balaban J connectivity index is 1.77. The van der Waals surface area contributed by atoms with Gasteiger partial charge in [0.05, 0.1) is 6.10 Å². The van der Waals surface area contributed by atoms with Gasteiger partial charge in [-0.2, -0.15) is 0 Å². The molecule has 0 bridgehead atoms. The van der Waals surface area contributed by atoms with E-state index in [1.165, 1.54) is 77.0 Å². The highest BCUT2D eigenvalue weighted by atomic mass is 16.3. The van der Waals surface area contributed by atoms with Crippen molar-refractivity contribution in [2.45, 2.75) is 122 Å². The van der Waals surface area contributed by atoms with Crippen molar-refractivity contribution in [3.05, 3.63) is 0 Å². The largest absolute Gasteiger partial charge is 0.392 e. The maximum Gasteiger partial charge on any atom is 0.222 e. The van der Waals surface area contributed by atoms with Crippen LogP contribution in [0.5, 0.6) is 0 Å². The van der Waals surface area contributed by atoms with Crippen LogP contribution in [-0.2, 0) is 4.79 Å². The van der Waals surface area contributed by atoms with Crippen LogP contribution in [0.3, 0.4) is 0 Å². The third-order valence-corrected chi connectivity index (χ3v) is 5.97. The SMILES string of the molecule is CCCCCCCCNCC(O)CCCCCCCCCN1CCCCC1=O. The van der Waals surface area contributed by atoms with Gasteiger partial charge in [-0.25, -0.2) is 0 Å². The Morgan fingerprint density at radius 2 is 1.54 bits per heavy atom. The number of carbonyl (C=O) groups is 1. The Morgan fingerprint density at radius 3 is 2.25 bits per heavy atom. The van der Waals surface area contributed by atoms with E-state index in [1.807, 2.05) is 0 Å². The zero-order valence-corrected chi connectivity index (χ0v) is 18.7. The van der Waals surface area contributed by atoms with Crippen molar-refractivity contribution in [2.75, 3.05) is 26.2 Å². The zero-order chi connectivity index (χ0) is 20.3. The van der Waals surface area contributed by atoms with Crippen LogP contribution in [-0.4, -0.2) is 48.2 Å². The molecule has 166 valence electrons. The summed E-state index contributed by atoms with van der Waals surface area (Å²) in [6.45, 7) is 6.01. The van der Waals surface area contributed by atoms with Crippen molar-refractivity contribution in [2.24, 2.45) is 0 Å². The molecule has 0 saturated carbocycles. The molecule has 0 aliphatic carbocycles. The Morgan fingerprint density at radius 1 is 0.893 bits per heavy atom. The van der Waals surface area contributed by atoms with Crippen molar-refractivity contribution in [3.63, 3.8) is 0 Å². The number of hydrogen-bond donors (Lipinski definition) is 2. The molecule has 4 nitrogen and oxygen atoms in total. The van der Waals surface area contributed by atoms with E-state index in [2.05, 4.69) is 17.1 Å². The highest BCUT2D eigenvalue weighted by Gasteiger charge is 2.16. The van der Waals surface area contributed by atoms with Crippen LogP contribution in [0.15, 0.2) is 0 Å². The minimum atomic E-state index is -0.179. The number of hydrogen-bond acceptors (Lipinski definition) is 3. The first-order chi connectivity index (χ1) is 13.7. The second kappa shape index (κ2) is 18.4. The maximum atomic E-state index is 11.7. The lowest BCUT2D eigenvalue weighted by atomic mass is 10.1. The van der Waals surface area contributed by atoms with Crippen LogP contribution in [0.2, 0.25) is 0 Å². The molecule has 0 spiro atoms. The molecule has 1 rings (SSSR count). The smallest absolute Gasteiger partial charge is 0.222 e. The molecular weight excluding hydrogens is 348 g/mol. The van der Waals surface area contributed by atoms with E-state index < -0.39 is 0 Å². The lowest BCUT2D eigenvalue weighted by Crippen LogP contribution is -2.35. The standard InChI is InChI=1S/C24H48N2O2/c1-2-3-4-5-10-14-19-25-22-23(27)17-12-9-7-6-8-11-15-20-26-21-16-13-18-24(26)28/h23,25,27H,2-22H2,1H3. The predicted molar refractivity (Wildman–Crippen MR) is 120 cm³/mol. The van der Waals surface area contributed by atoms with Crippen molar-refractivity contribution in [1.82, 2.24) is 10.2 Å². The van der Waals surface area contributed by atoms with E-state index in [0.29, 0.717) is 5.91 Å². The number of likely N-dealkylation sites (tertiary alicyclic amines) is 1. The summed E-state index contributed by atoms with van der Waals surface area (Å²) in [5.41, 5.74) is 0. The number of nitrogens with one attached hydrogen (secondary N) is 1. The third-order valence-electron chi connectivity index (χ3n) is 5.97. The molecule has 2 N–H and O–H groups in total. The summed E-state index contributed by atoms with van der Waals surface area (Å²) in [5.74, 6) is 0.367. The van der Waals surface area contributed by atoms with Gasteiger partial charge in [0.1, 0.15) is 0 Å². The molecular formula is C24H48N2O2. The number of aliphatic hydroxyl groups excluding tert-OH is 1. The Hall–Kier alpha value is -0.610. The Kier molecular flexibility index (Phi) is 16.7. The molecule has 1 fully saturated rings. The van der Waals surface area contributed by atoms with E-state index in [9.17, 15) is 9.90 Å². The molecule has 1 atom stereocenters. The van der Waals surface area contributed by atoms with E-state index in [4.69, 9.17) is 0 Å². The van der Waals surface area contributed by atoms with Gasteiger partial charge in [-0.3, -0.25) is 4.79 Å². The molecule has 1 unspecified atom stereocenters. The number of rotatable bonds is 19. The number of nitrogens with zero attached hydrogens (tertiary/aromatic N) is 1. The topological polar surface area (TPSA) is 52.6 Å². The Labute approximate surface area is 174 Å². The summed E-state index contributed by atoms with van der Waals surface area (Å²) in [6.07, 6.45) is 20.4. The quantitative estimate of drug-likeness (QED) is 0.286. The van der Waals surface area contributed by atoms with Gasteiger partial charge in [-0.15, -0.1) is 0 Å². The molecule has 0 radical (unpaired) electrons. The first-order valence-corrected chi connectivity index (χ1v) is 12.4. The van der Waals surface area contributed by atoms with Crippen LogP contribution in [0.4, 0.5) is 0 Å². The van der Waals surface area contributed by atoms with Crippen molar-refractivity contribution >= 4 is 5.91 Å². The summed E-state index contributed by atoms with van der Waals surface area (Å²) < 4.78 is 0. The minimum Gasteiger partial charge on any atom is -0.392 e. The van der Waals surface area contributed by atoms with E-state index >= 15 is 0 Å². The first-order valence-electron chi connectivity index (χ1n) is 12.4. The van der Waals surface area contributed by atoms with Crippen LogP contribution in [0.1, 0.15) is 116 Å². The summed E-state index contributed by atoms with van der Waals surface area (Å²) in [5, 5.41) is 13.4. The molecule has 0 aromatic carbocycles. The van der Waals surface area contributed by atoms with E-state index in [0.717, 1.165) is 58.3 Å². The van der Waals surface area contributed by atoms with Gasteiger partial charge >= 0.3 is 0 Å². The molecule has 28 heavy (non-hydrogen) atoms. The molecule has 1 heterocycles. The van der Waals surface area contributed by atoms with Gasteiger partial charge in [-0.1, -0.05) is 77.6 Å². The average molecular weight is 397 g/mol. The van der Waals surface area contributed by atoms with Crippen molar-refractivity contribution in [3.8, 4) is 0 Å². The molecule has 0 aromatic heterocycles. The first kappa shape index (κ1) is 25.4. The zero-order valence-electron chi connectivity index (χ0n) is 18.7. The third kappa shape index (κ3) is 14.4. The fourth-order valence-corrected chi connectivity index (χ4v) is 4.07. The lowest BCUT2D eigenvalue weighted by molar-refractivity contribution is -0.133. The van der Waals surface area contributed by atoms with E-state index in [1.54, 1.807) is 0 Å². The van der Waals surface area contributed by atoms with E-state index in [-0.39, 0.29) is 6.10 Å². The van der Waals surface area contributed by atoms with Gasteiger partial charge in [0.2, 0.25) is 5.91 Å². The number of aliphatic hydroxyl groups is 1. The second-order valence-corrected chi connectivity index (χ2v) is 8.73. The highest BCUT2D eigenvalue weighted by Crippen LogP contribution is 2.13. The number of unbranched alkanes of at least 4 members (excludes halogenated alkanes) is 11. The maximum absolute atomic E-state index is 11.7. The normalized spacial score (nSPS) is 15.9. The Bertz CT molecular complexity index is 363. The fraction of sp³-hybridized carbons (Fsp3) is 0.958. The van der Waals surface area contributed by atoms with Crippen molar-refractivity contribution in [1.29, 1.82) is 0 Å². The molecule has 0 aromatic rings. The average Bonchev–Trinajstić information content (AvgIpc) is 2.70. The van der Waals surface area contributed by atoms with Gasteiger partial charge in [0.15, 0.2) is 0 Å². The summed E-state index contributed by atoms with van der Waals surface area (Å²) in [4.78, 5) is 13.8. The van der Waals surface area contributed by atoms with Gasteiger partial charge < -0.3 is 15.3 Å². The predicted octanol–water partition coefficient (Wildman–Crippen LogP) is 5.43. The monoisotopic (exact) mass is 396 g/mol. The van der Waals surface area contributed by atoms with Gasteiger partial charge in [-0.05, 0) is 38.6 Å².